The van der Waals surface area contributed by atoms with Crippen LogP contribution in [0.15, 0.2) is 30.5 Å². The fraction of sp³-hybridized carbons (Fsp3) is 0.583. The van der Waals surface area contributed by atoms with Gasteiger partial charge in [-0.05, 0) is 69.2 Å². The van der Waals surface area contributed by atoms with E-state index in [2.05, 4.69) is 59.2 Å². The van der Waals surface area contributed by atoms with Crippen LogP contribution in [0.2, 0.25) is 0 Å². The van der Waals surface area contributed by atoms with Gasteiger partial charge in [-0.15, -0.1) is 0 Å². The van der Waals surface area contributed by atoms with Crippen LogP contribution in [0.4, 0.5) is 0 Å². The third-order valence-corrected chi connectivity index (χ3v) is 7.55. The van der Waals surface area contributed by atoms with Gasteiger partial charge in [0.2, 0.25) is 5.91 Å². The molecule has 1 saturated heterocycles. The number of rotatable bonds is 4. The number of carbonyl (C=O) groups excluding carboxylic acids is 1. The van der Waals surface area contributed by atoms with Crippen molar-refractivity contribution in [2.45, 2.75) is 59.2 Å². The highest BCUT2D eigenvalue weighted by Crippen LogP contribution is 2.60. The number of hydrogen-bond donors (Lipinski definition) is 0. The van der Waals surface area contributed by atoms with Gasteiger partial charge in [0.15, 0.2) is 0 Å². The number of aromatic nitrogens is 2. The third-order valence-electron chi connectivity index (χ3n) is 7.55. The molecular weight excluding hydrogens is 360 g/mol. The van der Waals surface area contributed by atoms with Crippen LogP contribution in [0, 0.1) is 18.3 Å². The number of piperidine rings is 1. The van der Waals surface area contributed by atoms with Crippen molar-refractivity contribution in [1.29, 1.82) is 0 Å². The first kappa shape index (κ1) is 18.9. The Balaban J connectivity index is 1.17. The van der Waals surface area contributed by atoms with Crippen LogP contribution in [-0.4, -0.2) is 45.1 Å². The molecule has 0 bridgehead atoms. The second-order valence-corrected chi connectivity index (χ2v) is 9.27. The summed E-state index contributed by atoms with van der Waals surface area (Å²) in [5.74, 6) is 0.674. The van der Waals surface area contributed by atoms with Crippen molar-refractivity contribution in [3.8, 4) is 0 Å². The van der Waals surface area contributed by atoms with Gasteiger partial charge in [0.25, 0.3) is 0 Å². The Morgan fingerprint density at radius 1 is 1.17 bits per heavy atom. The van der Waals surface area contributed by atoms with E-state index in [4.69, 9.17) is 0 Å². The van der Waals surface area contributed by atoms with Crippen molar-refractivity contribution in [3.63, 3.8) is 0 Å². The number of amides is 1. The average molecular weight is 393 g/mol. The molecule has 5 rings (SSSR count). The monoisotopic (exact) mass is 392 g/mol. The smallest absolute Gasteiger partial charge is 0.226 e. The first-order valence-corrected chi connectivity index (χ1v) is 11.2. The first-order valence-electron chi connectivity index (χ1n) is 11.2. The van der Waals surface area contributed by atoms with Crippen LogP contribution in [0.3, 0.4) is 0 Å². The van der Waals surface area contributed by atoms with E-state index in [1.54, 1.807) is 0 Å². The Morgan fingerprint density at radius 3 is 2.66 bits per heavy atom. The summed E-state index contributed by atoms with van der Waals surface area (Å²) in [6.07, 6.45) is 6.62. The van der Waals surface area contributed by atoms with Gasteiger partial charge in [-0.1, -0.05) is 24.3 Å². The van der Waals surface area contributed by atoms with Crippen molar-refractivity contribution in [1.82, 2.24) is 19.6 Å². The molecule has 1 amide bonds. The number of aryl methyl sites for hydroxylation is 2. The molecule has 1 unspecified atom stereocenters. The van der Waals surface area contributed by atoms with Crippen LogP contribution in [0.25, 0.3) is 0 Å². The lowest BCUT2D eigenvalue weighted by Crippen LogP contribution is -2.40. The molecule has 3 heterocycles. The van der Waals surface area contributed by atoms with Gasteiger partial charge in [-0.2, -0.15) is 5.10 Å². The molecule has 5 nitrogen and oxygen atoms in total. The van der Waals surface area contributed by atoms with Crippen LogP contribution < -0.4 is 0 Å². The van der Waals surface area contributed by atoms with Crippen molar-refractivity contribution >= 4 is 5.91 Å². The predicted molar refractivity (Wildman–Crippen MR) is 113 cm³/mol. The summed E-state index contributed by atoms with van der Waals surface area (Å²) in [6, 6.07) is 8.58. The number of benzene rings is 1. The molecule has 1 saturated carbocycles. The molecule has 2 aromatic rings. The summed E-state index contributed by atoms with van der Waals surface area (Å²) in [7, 11) is 0. The highest BCUT2D eigenvalue weighted by Gasteiger charge is 2.59. The minimum atomic E-state index is 0.263. The van der Waals surface area contributed by atoms with Gasteiger partial charge < -0.3 is 4.90 Å². The topological polar surface area (TPSA) is 41.4 Å². The molecule has 1 atom stereocenters. The molecule has 154 valence electrons. The molecule has 1 aliphatic carbocycles. The third kappa shape index (κ3) is 3.50. The Kier molecular flexibility index (Phi) is 4.73. The molecule has 1 aromatic heterocycles. The van der Waals surface area contributed by atoms with Crippen molar-refractivity contribution in [2.24, 2.45) is 11.3 Å². The van der Waals surface area contributed by atoms with Gasteiger partial charge in [-0.3, -0.25) is 14.4 Å². The summed E-state index contributed by atoms with van der Waals surface area (Å²) in [4.78, 5) is 17.9. The standard InChI is InChI=1S/C24H32N4O/c1-3-28-17-21(18(2)25-28)15-26-12-9-24(10-13-26)14-22(24)23(29)27-11-8-19-6-4-5-7-20(19)16-27/h4-7,17,22H,3,8-16H2,1-2H3. The van der Waals surface area contributed by atoms with Gasteiger partial charge >= 0.3 is 0 Å². The number of carbonyl (C=O) groups is 1. The highest BCUT2D eigenvalue weighted by molar-refractivity contribution is 5.83. The quantitative estimate of drug-likeness (QED) is 0.801. The summed E-state index contributed by atoms with van der Waals surface area (Å²) in [5, 5.41) is 4.58. The Bertz CT molecular complexity index is 909. The fourth-order valence-corrected chi connectivity index (χ4v) is 5.43. The molecular formula is C24H32N4O. The normalized spacial score (nSPS) is 23.2. The van der Waals surface area contributed by atoms with E-state index >= 15 is 0 Å². The van der Waals surface area contributed by atoms with E-state index in [9.17, 15) is 4.79 Å². The number of hydrogen-bond acceptors (Lipinski definition) is 3. The van der Waals surface area contributed by atoms with Crippen molar-refractivity contribution < 1.29 is 4.79 Å². The Labute approximate surface area is 173 Å². The minimum absolute atomic E-state index is 0.263. The largest absolute Gasteiger partial charge is 0.338 e. The second-order valence-electron chi connectivity index (χ2n) is 9.27. The van der Waals surface area contributed by atoms with Crippen molar-refractivity contribution in [3.05, 3.63) is 52.8 Å². The van der Waals surface area contributed by atoms with Gasteiger partial charge in [0.05, 0.1) is 5.69 Å². The molecule has 29 heavy (non-hydrogen) atoms. The molecule has 1 aromatic carbocycles. The van der Waals surface area contributed by atoms with Gasteiger partial charge in [0, 0.05) is 43.9 Å². The number of likely N-dealkylation sites (tertiary alicyclic amines) is 1. The van der Waals surface area contributed by atoms with E-state index in [1.165, 1.54) is 16.7 Å². The van der Waals surface area contributed by atoms with E-state index in [-0.39, 0.29) is 11.3 Å². The fourth-order valence-electron chi connectivity index (χ4n) is 5.43. The molecule has 2 aliphatic heterocycles. The Morgan fingerprint density at radius 2 is 1.93 bits per heavy atom. The maximum Gasteiger partial charge on any atom is 0.226 e. The zero-order valence-corrected chi connectivity index (χ0v) is 17.7. The van der Waals surface area contributed by atoms with Gasteiger partial charge in [0.1, 0.15) is 0 Å². The van der Waals surface area contributed by atoms with Crippen LogP contribution in [0.1, 0.15) is 48.6 Å². The maximum absolute atomic E-state index is 13.2. The number of nitrogens with zero attached hydrogens (tertiary/aromatic N) is 4. The summed E-state index contributed by atoms with van der Waals surface area (Å²) >= 11 is 0. The first-order chi connectivity index (χ1) is 14.1. The molecule has 5 heteroatoms. The summed E-state index contributed by atoms with van der Waals surface area (Å²) in [5.41, 5.74) is 5.53. The number of fused-ring (bicyclic) bond motifs is 1. The van der Waals surface area contributed by atoms with Crippen LogP contribution >= 0.6 is 0 Å². The predicted octanol–water partition coefficient (Wildman–Crippen LogP) is 3.40. The summed E-state index contributed by atoms with van der Waals surface area (Å²) in [6.45, 7) is 10.0. The minimum Gasteiger partial charge on any atom is -0.338 e. The highest BCUT2D eigenvalue weighted by atomic mass is 16.2. The van der Waals surface area contributed by atoms with Crippen LogP contribution in [0.5, 0.6) is 0 Å². The molecule has 1 spiro atoms. The van der Waals surface area contributed by atoms with E-state index in [0.29, 0.717) is 5.91 Å². The average Bonchev–Trinajstić information content (AvgIpc) is 3.34. The lowest BCUT2D eigenvalue weighted by atomic mass is 9.90. The van der Waals surface area contributed by atoms with Gasteiger partial charge in [-0.25, -0.2) is 0 Å². The van der Waals surface area contributed by atoms with E-state index in [0.717, 1.165) is 70.6 Å². The SMILES string of the molecule is CCn1cc(CN2CCC3(CC2)CC3C(=O)N2CCc3ccccc3C2)c(C)n1. The maximum atomic E-state index is 13.2. The summed E-state index contributed by atoms with van der Waals surface area (Å²) < 4.78 is 2.03. The molecule has 3 aliphatic rings. The van der Waals surface area contributed by atoms with Crippen LogP contribution in [-0.2, 0) is 30.8 Å². The zero-order chi connectivity index (χ0) is 20.0. The van der Waals surface area contributed by atoms with Crippen molar-refractivity contribution in [2.75, 3.05) is 19.6 Å². The molecule has 2 fully saturated rings. The van der Waals surface area contributed by atoms with E-state index < -0.39 is 0 Å². The lowest BCUT2D eigenvalue weighted by Gasteiger charge is -2.34. The van der Waals surface area contributed by atoms with E-state index in [1.807, 2.05) is 4.68 Å². The molecule has 0 N–H and O–H groups in total. The second kappa shape index (κ2) is 7.28. The molecule has 0 radical (unpaired) electrons. The Hall–Kier alpha value is -2.14. The zero-order valence-electron chi connectivity index (χ0n) is 17.7. The lowest BCUT2D eigenvalue weighted by molar-refractivity contribution is -0.134.